The van der Waals surface area contributed by atoms with E-state index >= 15 is 0 Å². The van der Waals surface area contributed by atoms with Crippen LogP contribution in [0.4, 0.5) is 8.78 Å². The summed E-state index contributed by atoms with van der Waals surface area (Å²) in [6, 6.07) is 8.89. The van der Waals surface area contributed by atoms with Gasteiger partial charge in [0.1, 0.15) is 11.6 Å². The van der Waals surface area contributed by atoms with Gasteiger partial charge in [0, 0.05) is 11.6 Å². The van der Waals surface area contributed by atoms with E-state index in [9.17, 15) is 8.78 Å². The molecule has 0 amide bonds. The molecule has 0 aliphatic carbocycles. The maximum atomic E-state index is 14.0. The van der Waals surface area contributed by atoms with Crippen molar-refractivity contribution in [1.82, 2.24) is 5.32 Å². The SMILES string of the molecule is CNC(C)c1c(F)cccc1Oc1cc(C)ccc1F. The molecular formula is C16H17F2NO. The highest BCUT2D eigenvalue weighted by atomic mass is 19.1. The van der Waals surface area contributed by atoms with Crippen molar-refractivity contribution in [3.8, 4) is 11.5 Å². The second-order valence-corrected chi connectivity index (χ2v) is 4.70. The van der Waals surface area contributed by atoms with Crippen molar-refractivity contribution in [3.05, 3.63) is 59.2 Å². The molecule has 0 aliphatic rings. The lowest BCUT2D eigenvalue weighted by Gasteiger charge is -2.17. The van der Waals surface area contributed by atoms with Gasteiger partial charge >= 0.3 is 0 Å². The number of halogens is 2. The zero-order valence-corrected chi connectivity index (χ0v) is 11.7. The topological polar surface area (TPSA) is 21.3 Å². The van der Waals surface area contributed by atoms with Gasteiger partial charge in [0.25, 0.3) is 0 Å². The van der Waals surface area contributed by atoms with Gasteiger partial charge in [0.2, 0.25) is 0 Å². The molecule has 1 atom stereocenters. The molecule has 4 heteroatoms. The van der Waals surface area contributed by atoms with Crippen LogP contribution in [0, 0.1) is 18.6 Å². The Labute approximate surface area is 117 Å². The molecule has 1 N–H and O–H groups in total. The number of hydrogen-bond acceptors (Lipinski definition) is 2. The average Bonchev–Trinajstić information content (AvgIpc) is 2.42. The van der Waals surface area contributed by atoms with E-state index in [0.717, 1.165) is 5.56 Å². The van der Waals surface area contributed by atoms with Crippen LogP contribution in [0.5, 0.6) is 11.5 Å². The molecule has 0 heterocycles. The Kier molecular flexibility index (Phi) is 4.35. The van der Waals surface area contributed by atoms with Crippen LogP contribution in [0.2, 0.25) is 0 Å². The van der Waals surface area contributed by atoms with Crippen molar-refractivity contribution in [1.29, 1.82) is 0 Å². The molecule has 2 aromatic carbocycles. The van der Waals surface area contributed by atoms with Crippen molar-refractivity contribution >= 4 is 0 Å². The molecule has 1 unspecified atom stereocenters. The van der Waals surface area contributed by atoms with Gasteiger partial charge < -0.3 is 10.1 Å². The van der Waals surface area contributed by atoms with Crippen molar-refractivity contribution in [2.24, 2.45) is 0 Å². The molecular weight excluding hydrogens is 260 g/mol. The quantitative estimate of drug-likeness (QED) is 0.897. The number of aryl methyl sites for hydroxylation is 1. The summed E-state index contributed by atoms with van der Waals surface area (Å²) >= 11 is 0. The lowest BCUT2D eigenvalue weighted by Crippen LogP contribution is -2.15. The highest BCUT2D eigenvalue weighted by Crippen LogP contribution is 2.33. The summed E-state index contributed by atoms with van der Waals surface area (Å²) < 4.78 is 33.3. The van der Waals surface area contributed by atoms with Crippen LogP contribution in [0.1, 0.15) is 24.1 Å². The summed E-state index contributed by atoms with van der Waals surface area (Å²) in [5.41, 5.74) is 1.26. The van der Waals surface area contributed by atoms with E-state index < -0.39 is 5.82 Å². The standard InChI is InChI=1S/C16H17F2NO/c1-10-7-8-12(17)15(9-10)20-14-6-4-5-13(18)16(14)11(2)19-3/h4-9,11,19H,1-3H3. The molecule has 106 valence electrons. The summed E-state index contributed by atoms with van der Waals surface area (Å²) in [4.78, 5) is 0. The third-order valence-electron chi connectivity index (χ3n) is 3.19. The normalized spacial score (nSPS) is 12.2. The van der Waals surface area contributed by atoms with E-state index in [2.05, 4.69) is 5.32 Å². The Bertz CT molecular complexity index is 613. The molecule has 0 aliphatic heterocycles. The van der Waals surface area contributed by atoms with E-state index in [0.29, 0.717) is 11.3 Å². The molecule has 0 bridgehead atoms. The first-order chi connectivity index (χ1) is 9.52. The van der Waals surface area contributed by atoms with Crippen molar-refractivity contribution in [3.63, 3.8) is 0 Å². The van der Waals surface area contributed by atoms with Crippen molar-refractivity contribution in [2.45, 2.75) is 19.9 Å². The average molecular weight is 277 g/mol. The molecule has 0 aromatic heterocycles. The molecule has 0 radical (unpaired) electrons. The van der Waals surface area contributed by atoms with E-state index in [1.807, 2.05) is 13.8 Å². The van der Waals surface area contributed by atoms with Crippen LogP contribution in [-0.2, 0) is 0 Å². The fourth-order valence-electron chi connectivity index (χ4n) is 1.98. The fraction of sp³-hybridized carbons (Fsp3) is 0.250. The van der Waals surface area contributed by atoms with Crippen LogP contribution >= 0.6 is 0 Å². The highest BCUT2D eigenvalue weighted by Gasteiger charge is 2.17. The minimum absolute atomic E-state index is 0.0974. The zero-order valence-electron chi connectivity index (χ0n) is 11.7. The number of benzene rings is 2. The second kappa shape index (κ2) is 6.01. The van der Waals surface area contributed by atoms with Gasteiger partial charge in [-0.05, 0) is 50.7 Å². The molecule has 2 rings (SSSR count). The summed E-state index contributed by atoms with van der Waals surface area (Å²) in [5.74, 6) is -0.433. The molecule has 0 spiro atoms. The summed E-state index contributed by atoms with van der Waals surface area (Å²) in [6.45, 7) is 3.66. The predicted octanol–water partition coefficient (Wildman–Crippen LogP) is 4.35. The van der Waals surface area contributed by atoms with Gasteiger partial charge in [-0.2, -0.15) is 0 Å². The summed E-state index contributed by atoms with van der Waals surface area (Å²) in [5, 5.41) is 2.96. The molecule has 2 nitrogen and oxygen atoms in total. The van der Waals surface area contributed by atoms with Crippen LogP contribution in [0.3, 0.4) is 0 Å². The Hall–Kier alpha value is -1.94. The van der Waals surface area contributed by atoms with Gasteiger partial charge in [-0.1, -0.05) is 12.1 Å². The predicted molar refractivity (Wildman–Crippen MR) is 75.1 cm³/mol. The Morgan fingerprint density at radius 2 is 1.80 bits per heavy atom. The summed E-state index contributed by atoms with van der Waals surface area (Å²) in [7, 11) is 1.73. The Morgan fingerprint density at radius 1 is 1.05 bits per heavy atom. The van der Waals surface area contributed by atoms with E-state index in [4.69, 9.17) is 4.74 Å². The summed E-state index contributed by atoms with van der Waals surface area (Å²) in [6.07, 6.45) is 0. The first kappa shape index (κ1) is 14.5. The zero-order chi connectivity index (χ0) is 14.7. The van der Waals surface area contributed by atoms with Crippen molar-refractivity contribution in [2.75, 3.05) is 7.05 Å². The molecule has 20 heavy (non-hydrogen) atoms. The molecule has 0 saturated heterocycles. The smallest absolute Gasteiger partial charge is 0.165 e. The maximum absolute atomic E-state index is 14.0. The van der Waals surface area contributed by atoms with Gasteiger partial charge in [-0.25, -0.2) is 8.78 Å². The third-order valence-corrected chi connectivity index (χ3v) is 3.19. The third kappa shape index (κ3) is 2.96. The van der Waals surface area contributed by atoms with Crippen LogP contribution < -0.4 is 10.1 Å². The van der Waals surface area contributed by atoms with Crippen LogP contribution in [-0.4, -0.2) is 7.05 Å². The Morgan fingerprint density at radius 3 is 2.50 bits per heavy atom. The van der Waals surface area contributed by atoms with Crippen molar-refractivity contribution < 1.29 is 13.5 Å². The lowest BCUT2D eigenvalue weighted by molar-refractivity contribution is 0.423. The number of ether oxygens (including phenoxy) is 1. The monoisotopic (exact) mass is 277 g/mol. The van der Waals surface area contributed by atoms with Crippen LogP contribution in [0.25, 0.3) is 0 Å². The van der Waals surface area contributed by atoms with Crippen LogP contribution in [0.15, 0.2) is 36.4 Å². The van der Waals surface area contributed by atoms with E-state index in [-0.39, 0.29) is 17.6 Å². The Balaban J connectivity index is 2.43. The lowest BCUT2D eigenvalue weighted by atomic mass is 10.1. The minimum Gasteiger partial charge on any atom is -0.454 e. The van der Waals surface area contributed by atoms with Gasteiger partial charge in [-0.3, -0.25) is 0 Å². The second-order valence-electron chi connectivity index (χ2n) is 4.70. The largest absolute Gasteiger partial charge is 0.454 e. The van der Waals surface area contributed by atoms with E-state index in [1.165, 1.54) is 12.1 Å². The maximum Gasteiger partial charge on any atom is 0.165 e. The molecule has 0 saturated carbocycles. The molecule has 2 aromatic rings. The number of rotatable bonds is 4. The number of nitrogens with one attached hydrogen (secondary N) is 1. The first-order valence-electron chi connectivity index (χ1n) is 6.42. The highest BCUT2D eigenvalue weighted by molar-refractivity contribution is 5.41. The van der Waals surface area contributed by atoms with Gasteiger partial charge in [0.15, 0.2) is 11.6 Å². The minimum atomic E-state index is -0.470. The first-order valence-corrected chi connectivity index (χ1v) is 6.42. The van der Waals surface area contributed by atoms with Gasteiger partial charge in [-0.15, -0.1) is 0 Å². The van der Waals surface area contributed by atoms with Gasteiger partial charge in [0.05, 0.1) is 0 Å². The fourth-order valence-corrected chi connectivity index (χ4v) is 1.98. The number of hydrogen-bond donors (Lipinski definition) is 1. The molecule has 0 fully saturated rings. The van der Waals surface area contributed by atoms with E-state index in [1.54, 1.807) is 31.3 Å².